The summed E-state index contributed by atoms with van der Waals surface area (Å²) in [7, 11) is 0. The number of alkyl halides is 1. The normalized spacial score (nSPS) is 17.8. The summed E-state index contributed by atoms with van der Waals surface area (Å²) in [5.41, 5.74) is 1.59. The second-order valence-electron chi connectivity index (χ2n) is 5.56. The van der Waals surface area contributed by atoms with Crippen LogP contribution in [0, 0.1) is 6.92 Å². The number of hydrogen-bond donors (Lipinski definition) is 0. The van der Waals surface area contributed by atoms with Crippen LogP contribution in [0.5, 0.6) is 0 Å². The Morgan fingerprint density at radius 2 is 1.81 bits per heavy atom. The van der Waals surface area contributed by atoms with E-state index in [-0.39, 0.29) is 0 Å². The standard InChI is InChI=1S/C17H18ClFN2/c1-13-15(7-10-20-16(13)18)21-11-8-17(19,9-12-21)14-5-3-2-4-6-14/h2-7,10H,8-9,11-12H2,1H3. The molecule has 0 spiro atoms. The van der Waals surface area contributed by atoms with E-state index in [1.54, 1.807) is 6.20 Å². The molecule has 1 aromatic heterocycles. The predicted molar refractivity (Wildman–Crippen MR) is 84.7 cm³/mol. The summed E-state index contributed by atoms with van der Waals surface area (Å²) in [4.78, 5) is 6.27. The van der Waals surface area contributed by atoms with Gasteiger partial charge in [0.2, 0.25) is 0 Å². The number of rotatable bonds is 2. The Morgan fingerprint density at radius 3 is 2.48 bits per heavy atom. The van der Waals surface area contributed by atoms with Gasteiger partial charge in [-0.2, -0.15) is 0 Å². The van der Waals surface area contributed by atoms with Gasteiger partial charge in [0.25, 0.3) is 0 Å². The number of aromatic nitrogens is 1. The molecule has 0 unspecified atom stereocenters. The molecular weight excluding hydrogens is 287 g/mol. The lowest BCUT2D eigenvalue weighted by atomic mass is 9.86. The van der Waals surface area contributed by atoms with Gasteiger partial charge in [0, 0.05) is 43.4 Å². The molecule has 0 aliphatic carbocycles. The van der Waals surface area contributed by atoms with Gasteiger partial charge >= 0.3 is 0 Å². The van der Waals surface area contributed by atoms with Gasteiger partial charge in [-0.15, -0.1) is 0 Å². The van der Waals surface area contributed by atoms with Gasteiger partial charge in [0.1, 0.15) is 10.8 Å². The monoisotopic (exact) mass is 304 g/mol. The van der Waals surface area contributed by atoms with Crippen LogP contribution in [0.3, 0.4) is 0 Å². The van der Waals surface area contributed by atoms with E-state index in [4.69, 9.17) is 11.6 Å². The molecule has 1 aromatic carbocycles. The number of piperidine rings is 1. The molecule has 2 aromatic rings. The molecule has 4 heteroatoms. The average Bonchev–Trinajstić information content (AvgIpc) is 2.52. The Balaban J connectivity index is 1.78. The Hall–Kier alpha value is -1.61. The second kappa shape index (κ2) is 5.64. The van der Waals surface area contributed by atoms with Crippen LogP contribution in [0.4, 0.5) is 10.1 Å². The summed E-state index contributed by atoms with van der Waals surface area (Å²) >= 11 is 6.07. The van der Waals surface area contributed by atoms with Crippen LogP contribution in [0.25, 0.3) is 0 Å². The summed E-state index contributed by atoms with van der Waals surface area (Å²) in [6.45, 7) is 3.33. The van der Waals surface area contributed by atoms with Gasteiger partial charge in [-0.1, -0.05) is 41.9 Å². The highest BCUT2D eigenvalue weighted by Gasteiger charge is 2.36. The van der Waals surface area contributed by atoms with Gasteiger partial charge in [-0.25, -0.2) is 9.37 Å². The minimum absolute atomic E-state index is 0.496. The zero-order valence-electron chi connectivity index (χ0n) is 12.0. The minimum atomic E-state index is -1.22. The molecule has 0 atom stereocenters. The number of pyridine rings is 1. The highest BCUT2D eigenvalue weighted by atomic mass is 35.5. The van der Waals surface area contributed by atoms with Crippen LogP contribution in [0.1, 0.15) is 24.0 Å². The molecule has 0 N–H and O–H groups in total. The fourth-order valence-corrected chi connectivity index (χ4v) is 3.12. The van der Waals surface area contributed by atoms with Gasteiger partial charge < -0.3 is 4.90 Å². The topological polar surface area (TPSA) is 16.1 Å². The number of anilines is 1. The van der Waals surface area contributed by atoms with Gasteiger partial charge in [-0.3, -0.25) is 0 Å². The number of nitrogens with zero attached hydrogens (tertiary/aromatic N) is 2. The smallest absolute Gasteiger partial charge is 0.139 e. The van der Waals surface area contributed by atoms with Crippen LogP contribution < -0.4 is 4.90 Å². The molecule has 2 nitrogen and oxygen atoms in total. The minimum Gasteiger partial charge on any atom is -0.371 e. The summed E-state index contributed by atoms with van der Waals surface area (Å²) in [6.07, 6.45) is 2.70. The predicted octanol–water partition coefficient (Wildman–Crippen LogP) is 4.51. The van der Waals surface area contributed by atoms with E-state index >= 15 is 4.39 Å². The maximum Gasteiger partial charge on any atom is 0.139 e. The molecule has 1 aliphatic rings. The van der Waals surface area contributed by atoms with Crippen molar-refractivity contribution in [1.29, 1.82) is 0 Å². The summed E-state index contributed by atoms with van der Waals surface area (Å²) in [5, 5.41) is 0.521. The third kappa shape index (κ3) is 2.75. The Kier molecular flexibility index (Phi) is 3.85. The molecule has 0 bridgehead atoms. The molecule has 0 saturated carbocycles. The molecule has 0 radical (unpaired) electrons. The van der Waals surface area contributed by atoms with E-state index in [1.807, 2.05) is 43.3 Å². The van der Waals surface area contributed by atoms with Crippen LogP contribution in [0.2, 0.25) is 5.15 Å². The lowest BCUT2D eigenvalue weighted by Gasteiger charge is -2.38. The van der Waals surface area contributed by atoms with E-state index < -0.39 is 5.67 Å². The maximum atomic E-state index is 15.1. The van der Waals surface area contributed by atoms with E-state index in [0.29, 0.717) is 31.1 Å². The molecule has 110 valence electrons. The molecule has 1 fully saturated rings. The fourth-order valence-electron chi connectivity index (χ4n) is 2.97. The van der Waals surface area contributed by atoms with Crippen molar-refractivity contribution in [3.05, 3.63) is 58.9 Å². The van der Waals surface area contributed by atoms with Crippen LogP contribution in [-0.4, -0.2) is 18.1 Å². The van der Waals surface area contributed by atoms with Crippen molar-refractivity contribution in [2.24, 2.45) is 0 Å². The number of benzene rings is 1. The van der Waals surface area contributed by atoms with E-state index in [0.717, 1.165) is 16.8 Å². The first-order valence-electron chi connectivity index (χ1n) is 7.21. The average molecular weight is 305 g/mol. The van der Waals surface area contributed by atoms with E-state index in [2.05, 4.69) is 9.88 Å². The fraction of sp³-hybridized carbons (Fsp3) is 0.353. The van der Waals surface area contributed by atoms with Crippen LogP contribution >= 0.6 is 11.6 Å². The van der Waals surface area contributed by atoms with Crippen molar-refractivity contribution < 1.29 is 4.39 Å². The van der Waals surface area contributed by atoms with Crippen molar-refractivity contribution >= 4 is 17.3 Å². The molecule has 21 heavy (non-hydrogen) atoms. The van der Waals surface area contributed by atoms with E-state index in [1.165, 1.54) is 0 Å². The second-order valence-corrected chi connectivity index (χ2v) is 5.92. The first-order valence-corrected chi connectivity index (χ1v) is 7.58. The third-order valence-electron chi connectivity index (χ3n) is 4.30. The quantitative estimate of drug-likeness (QED) is 0.759. The molecular formula is C17H18ClFN2. The van der Waals surface area contributed by atoms with Crippen LogP contribution in [0.15, 0.2) is 42.6 Å². The zero-order chi connectivity index (χ0) is 14.9. The number of halogens is 2. The van der Waals surface area contributed by atoms with Crippen molar-refractivity contribution in [3.8, 4) is 0 Å². The van der Waals surface area contributed by atoms with Gasteiger partial charge in [0.15, 0.2) is 0 Å². The molecule has 3 rings (SSSR count). The van der Waals surface area contributed by atoms with Crippen molar-refractivity contribution in [2.75, 3.05) is 18.0 Å². The molecule has 0 amide bonds. The highest BCUT2D eigenvalue weighted by molar-refractivity contribution is 6.30. The van der Waals surface area contributed by atoms with E-state index in [9.17, 15) is 0 Å². The van der Waals surface area contributed by atoms with Gasteiger partial charge in [-0.05, 0) is 18.6 Å². The molecule has 1 saturated heterocycles. The SMILES string of the molecule is Cc1c(N2CCC(F)(c3ccccc3)CC2)ccnc1Cl. The lowest BCUT2D eigenvalue weighted by Crippen LogP contribution is -2.40. The zero-order valence-corrected chi connectivity index (χ0v) is 12.8. The van der Waals surface area contributed by atoms with Crippen molar-refractivity contribution in [2.45, 2.75) is 25.4 Å². The summed E-state index contributed by atoms with van der Waals surface area (Å²) < 4.78 is 15.1. The summed E-state index contributed by atoms with van der Waals surface area (Å²) in [5.74, 6) is 0. The lowest BCUT2D eigenvalue weighted by molar-refractivity contribution is 0.125. The van der Waals surface area contributed by atoms with Crippen molar-refractivity contribution in [1.82, 2.24) is 4.98 Å². The first kappa shape index (κ1) is 14.3. The van der Waals surface area contributed by atoms with Crippen molar-refractivity contribution in [3.63, 3.8) is 0 Å². The Morgan fingerprint density at radius 1 is 1.14 bits per heavy atom. The first-order chi connectivity index (χ1) is 10.1. The van der Waals surface area contributed by atoms with Gasteiger partial charge in [0.05, 0.1) is 0 Å². The Labute approximate surface area is 129 Å². The number of hydrogen-bond acceptors (Lipinski definition) is 2. The Bertz CT molecular complexity index is 622. The largest absolute Gasteiger partial charge is 0.371 e. The molecule has 1 aliphatic heterocycles. The third-order valence-corrected chi connectivity index (χ3v) is 4.68. The summed E-state index contributed by atoms with van der Waals surface area (Å²) in [6, 6.07) is 11.4. The van der Waals surface area contributed by atoms with Crippen LogP contribution in [-0.2, 0) is 5.67 Å². The maximum absolute atomic E-state index is 15.1. The molecule has 2 heterocycles. The highest BCUT2D eigenvalue weighted by Crippen LogP contribution is 2.39.